The molecule has 0 aliphatic heterocycles. The first-order valence-electron chi connectivity index (χ1n) is 6.86. The van der Waals surface area contributed by atoms with E-state index in [1.165, 1.54) is 17.5 Å². The van der Waals surface area contributed by atoms with Crippen molar-refractivity contribution in [3.05, 3.63) is 35.4 Å². The van der Waals surface area contributed by atoms with Crippen LogP contribution in [-0.4, -0.2) is 19.0 Å². The van der Waals surface area contributed by atoms with E-state index in [2.05, 4.69) is 29.6 Å². The molecule has 1 aromatic carbocycles. The fraction of sp³-hybridized carbons (Fsp3) is 0.533. The fourth-order valence-corrected chi connectivity index (χ4v) is 2.69. The first-order chi connectivity index (χ1) is 8.81. The van der Waals surface area contributed by atoms with Crippen LogP contribution in [0.2, 0.25) is 0 Å². The second-order valence-electron chi connectivity index (χ2n) is 4.98. The molecule has 0 radical (unpaired) electrons. The van der Waals surface area contributed by atoms with Gasteiger partial charge in [0.25, 0.3) is 0 Å². The number of hydrogen-bond donors (Lipinski definition) is 2. The summed E-state index contributed by atoms with van der Waals surface area (Å²) in [4.78, 5) is 11.8. The van der Waals surface area contributed by atoms with Crippen LogP contribution in [-0.2, 0) is 11.2 Å². The Morgan fingerprint density at radius 2 is 2.16 bits per heavy atom. The highest BCUT2D eigenvalue weighted by Crippen LogP contribution is 2.33. The summed E-state index contributed by atoms with van der Waals surface area (Å²) < 4.78 is 0. The number of fused-ring (bicyclic) bond motifs is 1. The molecule has 3 N–H and O–H groups in total. The number of aryl methyl sites for hydroxylation is 1. The Morgan fingerprint density at radius 1 is 1.37 bits per heavy atom. The third kappa shape index (κ3) is 4.51. The number of hydrogen-bond acceptors (Lipinski definition) is 2. The van der Waals surface area contributed by atoms with Gasteiger partial charge in [-0.05, 0) is 49.3 Å². The van der Waals surface area contributed by atoms with Crippen LogP contribution in [0, 0.1) is 0 Å². The SMILES string of the molecule is Cl.NCCCNC(=O)CC1CCCc2ccccc21. The first-order valence-corrected chi connectivity index (χ1v) is 6.86. The van der Waals surface area contributed by atoms with Crippen molar-refractivity contribution in [2.75, 3.05) is 13.1 Å². The smallest absolute Gasteiger partial charge is 0.220 e. The van der Waals surface area contributed by atoms with E-state index in [1.807, 2.05) is 0 Å². The summed E-state index contributed by atoms with van der Waals surface area (Å²) in [6.07, 6.45) is 4.94. The van der Waals surface area contributed by atoms with Crippen LogP contribution in [0.3, 0.4) is 0 Å². The molecule has 0 fully saturated rings. The summed E-state index contributed by atoms with van der Waals surface area (Å²) >= 11 is 0. The molecule has 19 heavy (non-hydrogen) atoms. The predicted octanol–water partition coefficient (Wildman–Crippen LogP) is 2.38. The average Bonchev–Trinajstić information content (AvgIpc) is 2.39. The van der Waals surface area contributed by atoms with Gasteiger partial charge in [0.1, 0.15) is 0 Å². The van der Waals surface area contributed by atoms with Gasteiger partial charge in [0.05, 0.1) is 0 Å². The van der Waals surface area contributed by atoms with Gasteiger partial charge in [-0.2, -0.15) is 0 Å². The van der Waals surface area contributed by atoms with Crippen molar-refractivity contribution >= 4 is 18.3 Å². The molecule has 0 heterocycles. The van der Waals surface area contributed by atoms with E-state index < -0.39 is 0 Å². The van der Waals surface area contributed by atoms with Crippen LogP contribution in [0.5, 0.6) is 0 Å². The lowest BCUT2D eigenvalue weighted by Gasteiger charge is -2.25. The van der Waals surface area contributed by atoms with E-state index in [9.17, 15) is 4.79 Å². The van der Waals surface area contributed by atoms with Gasteiger partial charge in [-0.1, -0.05) is 24.3 Å². The molecule has 4 heteroatoms. The van der Waals surface area contributed by atoms with Crippen LogP contribution < -0.4 is 11.1 Å². The molecule has 0 saturated carbocycles. The zero-order valence-electron chi connectivity index (χ0n) is 11.2. The molecule has 1 aliphatic rings. The number of nitrogens with one attached hydrogen (secondary N) is 1. The van der Waals surface area contributed by atoms with E-state index in [1.54, 1.807) is 0 Å². The van der Waals surface area contributed by atoms with E-state index in [0.717, 1.165) is 19.3 Å². The topological polar surface area (TPSA) is 55.1 Å². The molecular formula is C15H23ClN2O. The Balaban J connectivity index is 0.00000180. The van der Waals surface area contributed by atoms with E-state index in [4.69, 9.17) is 5.73 Å². The maximum Gasteiger partial charge on any atom is 0.220 e. The standard InChI is InChI=1S/C15H22N2O.ClH/c16-9-4-10-17-15(18)11-13-7-3-6-12-5-1-2-8-14(12)13;/h1-2,5,8,13H,3-4,6-7,9-11,16H2,(H,17,18);1H. The Bertz CT molecular complexity index is 409. The molecule has 0 spiro atoms. The fourth-order valence-electron chi connectivity index (χ4n) is 2.69. The number of carbonyl (C=O) groups is 1. The number of carbonyl (C=O) groups excluding carboxylic acids is 1. The van der Waals surface area contributed by atoms with Gasteiger partial charge in [-0.25, -0.2) is 0 Å². The minimum Gasteiger partial charge on any atom is -0.356 e. The number of amides is 1. The largest absolute Gasteiger partial charge is 0.356 e. The second-order valence-corrected chi connectivity index (χ2v) is 4.98. The quantitative estimate of drug-likeness (QED) is 0.815. The molecule has 0 bridgehead atoms. The maximum atomic E-state index is 11.8. The molecule has 2 rings (SSSR count). The van der Waals surface area contributed by atoms with Gasteiger partial charge >= 0.3 is 0 Å². The maximum absolute atomic E-state index is 11.8. The summed E-state index contributed by atoms with van der Waals surface area (Å²) in [5, 5.41) is 2.94. The van der Waals surface area contributed by atoms with Crippen molar-refractivity contribution in [3.63, 3.8) is 0 Å². The van der Waals surface area contributed by atoms with Crippen LogP contribution >= 0.6 is 12.4 Å². The Hall–Kier alpha value is -1.06. The summed E-state index contributed by atoms with van der Waals surface area (Å²) in [6, 6.07) is 8.52. The van der Waals surface area contributed by atoms with Crippen molar-refractivity contribution in [2.24, 2.45) is 5.73 Å². The van der Waals surface area contributed by atoms with Crippen molar-refractivity contribution in [2.45, 2.75) is 38.0 Å². The highest BCUT2D eigenvalue weighted by Gasteiger charge is 2.21. The molecule has 0 aromatic heterocycles. The lowest BCUT2D eigenvalue weighted by Crippen LogP contribution is -2.28. The molecule has 1 atom stereocenters. The van der Waals surface area contributed by atoms with Crippen molar-refractivity contribution < 1.29 is 4.79 Å². The minimum absolute atomic E-state index is 0. The van der Waals surface area contributed by atoms with Crippen molar-refractivity contribution in [3.8, 4) is 0 Å². The van der Waals surface area contributed by atoms with Crippen LogP contribution in [0.1, 0.15) is 42.7 Å². The van der Waals surface area contributed by atoms with Gasteiger partial charge in [-0.15, -0.1) is 12.4 Å². The van der Waals surface area contributed by atoms with E-state index in [-0.39, 0.29) is 18.3 Å². The lowest BCUT2D eigenvalue weighted by molar-refractivity contribution is -0.121. The Kier molecular flexibility index (Phi) is 6.89. The molecule has 3 nitrogen and oxygen atoms in total. The van der Waals surface area contributed by atoms with Crippen molar-refractivity contribution in [1.82, 2.24) is 5.32 Å². The van der Waals surface area contributed by atoms with Gasteiger partial charge in [-0.3, -0.25) is 4.79 Å². The number of nitrogens with two attached hydrogens (primary N) is 1. The molecule has 0 saturated heterocycles. The molecule has 1 unspecified atom stereocenters. The number of rotatable bonds is 5. The monoisotopic (exact) mass is 282 g/mol. The first kappa shape index (κ1) is 16.0. The summed E-state index contributed by atoms with van der Waals surface area (Å²) in [5.41, 5.74) is 8.20. The van der Waals surface area contributed by atoms with Crippen molar-refractivity contribution in [1.29, 1.82) is 0 Å². The summed E-state index contributed by atoms with van der Waals surface area (Å²) in [5.74, 6) is 0.554. The third-order valence-electron chi connectivity index (χ3n) is 3.63. The normalized spacial score (nSPS) is 17.2. The summed E-state index contributed by atoms with van der Waals surface area (Å²) in [6.45, 7) is 1.33. The van der Waals surface area contributed by atoms with Gasteiger partial charge in [0.2, 0.25) is 5.91 Å². The van der Waals surface area contributed by atoms with Gasteiger partial charge in [0, 0.05) is 13.0 Å². The second kappa shape index (κ2) is 8.18. The Morgan fingerprint density at radius 3 is 2.95 bits per heavy atom. The average molecular weight is 283 g/mol. The molecule has 106 valence electrons. The minimum atomic E-state index is 0. The van der Waals surface area contributed by atoms with E-state index >= 15 is 0 Å². The highest BCUT2D eigenvalue weighted by molar-refractivity contribution is 5.85. The lowest BCUT2D eigenvalue weighted by atomic mass is 9.81. The molecular weight excluding hydrogens is 260 g/mol. The zero-order valence-corrected chi connectivity index (χ0v) is 12.0. The van der Waals surface area contributed by atoms with Crippen LogP contribution in [0.15, 0.2) is 24.3 Å². The third-order valence-corrected chi connectivity index (χ3v) is 3.63. The van der Waals surface area contributed by atoms with Gasteiger partial charge < -0.3 is 11.1 Å². The van der Waals surface area contributed by atoms with Crippen LogP contribution in [0.25, 0.3) is 0 Å². The van der Waals surface area contributed by atoms with Crippen LogP contribution in [0.4, 0.5) is 0 Å². The summed E-state index contributed by atoms with van der Waals surface area (Å²) in [7, 11) is 0. The molecule has 1 aromatic rings. The number of halogens is 1. The zero-order chi connectivity index (χ0) is 12.8. The number of benzene rings is 1. The molecule has 1 aliphatic carbocycles. The van der Waals surface area contributed by atoms with E-state index in [0.29, 0.717) is 25.4 Å². The highest BCUT2D eigenvalue weighted by atomic mass is 35.5. The molecule has 1 amide bonds. The predicted molar refractivity (Wildman–Crippen MR) is 80.7 cm³/mol. The Labute approximate surface area is 121 Å². The van der Waals surface area contributed by atoms with Gasteiger partial charge in [0.15, 0.2) is 0 Å².